The summed E-state index contributed by atoms with van der Waals surface area (Å²) in [5, 5.41) is 7.93. The second-order valence-electron chi connectivity index (χ2n) is 7.06. The van der Waals surface area contributed by atoms with Crippen LogP contribution in [0, 0.1) is 0 Å². The maximum Gasteiger partial charge on any atom is 0.254 e. The Labute approximate surface area is 162 Å². The first kappa shape index (κ1) is 18.6. The first-order chi connectivity index (χ1) is 13.3. The van der Waals surface area contributed by atoms with E-state index in [-0.39, 0.29) is 12.0 Å². The fourth-order valence-corrected chi connectivity index (χ4v) is 4.22. The SMILES string of the molecule is O=C(c1ccsc1)N1CCC(OCCc2noc(C3CCOCC3)n2)CC1. The summed E-state index contributed by atoms with van der Waals surface area (Å²) in [6.45, 7) is 3.60. The predicted octanol–water partition coefficient (Wildman–Crippen LogP) is 2.89. The minimum Gasteiger partial charge on any atom is -0.381 e. The number of thiophene rings is 1. The molecule has 0 aromatic carbocycles. The lowest BCUT2D eigenvalue weighted by Gasteiger charge is -2.31. The summed E-state index contributed by atoms with van der Waals surface area (Å²) >= 11 is 1.55. The summed E-state index contributed by atoms with van der Waals surface area (Å²) in [5.74, 6) is 1.89. The van der Waals surface area contributed by atoms with Crippen molar-refractivity contribution in [3.05, 3.63) is 34.1 Å². The van der Waals surface area contributed by atoms with Crippen molar-refractivity contribution >= 4 is 17.2 Å². The summed E-state index contributed by atoms with van der Waals surface area (Å²) in [5.41, 5.74) is 0.789. The van der Waals surface area contributed by atoms with E-state index >= 15 is 0 Å². The number of hydrogen-bond donors (Lipinski definition) is 0. The fraction of sp³-hybridized carbons (Fsp3) is 0.632. The second-order valence-corrected chi connectivity index (χ2v) is 7.84. The monoisotopic (exact) mass is 391 g/mol. The van der Waals surface area contributed by atoms with Gasteiger partial charge < -0.3 is 18.9 Å². The third-order valence-corrected chi connectivity index (χ3v) is 5.91. The van der Waals surface area contributed by atoms with Crippen LogP contribution >= 0.6 is 11.3 Å². The summed E-state index contributed by atoms with van der Waals surface area (Å²) in [7, 11) is 0. The topological polar surface area (TPSA) is 77.7 Å². The van der Waals surface area contributed by atoms with E-state index in [2.05, 4.69) is 10.1 Å². The zero-order valence-electron chi connectivity index (χ0n) is 15.3. The Hall–Kier alpha value is -1.77. The summed E-state index contributed by atoms with van der Waals surface area (Å²) in [6, 6.07) is 1.88. The molecule has 0 N–H and O–H groups in total. The predicted molar refractivity (Wildman–Crippen MR) is 100.0 cm³/mol. The Morgan fingerprint density at radius 3 is 2.81 bits per heavy atom. The molecule has 0 radical (unpaired) electrons. The van der Waals surface area contributed by atoms with Crippen LogP contribution in [0.5, 0.6) is 0 Å². The molecule has 2 saturated heterocycles. The summed E-state index contributed by atoms with van der Waals surface area (Å²) in [4.78, 5) is 18.8. The number of likely N-dealkylation sites (tertiary alicyclic amines) is 1. The lowest BCUT2D eigenvalue weighted by atomic mass is 10.0. The third-order valence-electron chi connectivity index (χ3n) is 5.23. The van der Waals surface area contributed by atoms with Crippen molar-refractivity contribution in [2.24, 2.45) is 0 Å². The van der Waals surface area contributed by atoms with Gasteiger partial charge in [0.1, 0.15) is 0 Å². The highest BCUT2D eigenvalue weighted by molar-refractivity contribution is 7.08. The second kappa shape index (κ2) is 8.95. The first-order valence-corrected chi connectivity index (χ1v) is 10.6. The maximum atomic E-state index is 12.4. The Morgan fingerprint density at radius 2 is 2.07 bits per heavy atom. The van der Waals surface area contributed by atoms with Gasteiger partial charge in [-0.3, -0.25) is 4.79 Å². The van der Waals surface area contributed by atoms with Crippen LogP contribution in [0.2, 0.25) is 0 Å². The van der Waals surface area contributed by atoms with Crippen molar-refractivity contribution in [2.45, 2.75) is 44.1 Å². The number of ether oxygens (including phenoxy) is 2. The third kappa shape index (κ3) is 4.75. The molecule has 2 fully saturated rings. The number of carbonyl (C=O) groups excluding carboxylic acids is 1. The molecule has 27 heavy (non-hydrogen) atoms. The van der Waals surface area contributed by atoms with E-state index in [1.54, 1.807) is 11.3 Å². The minimum atomic E-state index is 0.127. The van der Waals surface area contributed by atoms with Crippen LogP contribution < -0.4 is 0 Å². The smallest absolute Gasteiger partial charge is 0.254 e. The van der Waals surface area contributed by atoms with Gasteiger partial charge >= 0.3 is 0 Å². The van der Waals surface area contributed by atoms with Gasteiger partial charge in [-0.05, 0) is 37.1 Å². The van der Waals surface area contributed by atoms with E-state index in [1.165, 1.54) is 0 Å². The van der Waals surface area contributed by atoms with Crippen molar-refractivity contribution in [2.75, 3.05) is 32.9 Å². The number of piperidine rings is 1. The van der Waals surface area contributed by atoms with Gasteiger partial charge in [-0.2, -0.15) is 16.3 Å². The minimum absolute atomic E-state index is 0.127. The van der Waals surface area contributed by atoms with E-state index < -0.39 is 0 Å². The van der Waals surface area contributed by atoms with Crippen molar-refractivity contribution < 1.29 is 18.8 Å². The van der Waals surface area contributed by atoms with Gasteiger partial charge in [0.25, 0.3) is 5.91 Å². The van der Waals surface area contributed by atoms with Crippen LogP contribution in [-0.2, 0) is 15.9 Å². The van der Waals surface area contributed by atoms with E-state index in [9.17, 15) is 4.79 Å². The highest BCUT2D eigenvalue weighted by Crippen LogP contribution is 2.25. The Balaban J connectivity index is 1.17. The van der Waals surface area contributed by atoms with Crippen LogP contribution in [-0.4, -0.2) is 60.0 Å². The zero-order chi connectivity index (χ0) is 18.5. The van der Waals surface area contributed by atoms with Gasteiger partial charge in [0.05, 0.1) is 18.3 Å². The van der Waals surface area contributed by atoms with Gasteiger partial charge in [0, 0.05) is 44.0 Å². The molecule has 0 unspecified atom stereocenters. The molecule has 2 aromatic rings. The van der Waals surface area contributed by atoms with Crippen LogP contribution in [0.1, 0.15) is 53.7 Å². The molecule has 1 amide bonds. The Kier molecular flexibility index (Phi) is 6.16. The largest absolute Gasteiger partial charge is 0.381 e. The van der Waals surface area contributed by atoms with E-state index in [0.717, 1.165) is 63.4 Å². The summed E-state index contributed by atoms with van der Waals surface area (Å²) in [6.07, 6.45) is 4.48. The van der Waals surface area contributed by atoms with Crippen molar-refractivity contribution in [1.29, 1.82) is 0 Å². The van der Waals surface area contributed by atoms with Gasteiger partial charge in [0.15, 0.2) is 5.82 Å². The van der Waals surface area contributed by atoms with Gasteiger partial charge in [-0.25, -0.2) is 0 Å². The lowest BCUT2D eigenvalue weighted by molar-refractivity contribution is 0.00949. The number of hydrogen-bond acceptors (Lipinski definition) is 7. The molecule has 8 heteroatoms. The number of amides is 1. The van der Waals surface area contributed by atoms with Crippen LogP contribution in [0.3, 0.4) is 0 Å². The normalized spacial score (nSPS) is 19.5. The number of aromatic nitrogens is 2. The zero-order valence-corrected chi connectivity index (χ0v) is 16.2. The molecule has 0 saturated carbocycles. The molecule has 2 aliphatic rings. The molecule has 2 aliphatic heterocycles. The maximum absolute atomic E-state index is 12.4. The molecule has 146 valence electrons. The highest BCUT2D eigenvalue weighted by atomic mass is 32.1. The molecule has 2 aromatic heterocycles. The number of rotatable bonds is 6. The van der Waals surface area contributed by atoms with E-state index in [1.807, 2.05) is 21.7 Å². The highest BCUT2D eigenvalue weighted by Gasteiger charge is 2.25. The lowest BCUT2D eigenvalue weighted by Crippen LogP contribution is -2.40. The molecule has 0 bridgehead atoms. The van der Waals surface area contributed by atoms with Gasteiger partial charge in [-0.15, -0.1) is 0 Å². The molecule has 4 heterocycles. The van der Waals surface area contributed by atoms with Crippen LogP contribution in [0.4, 0.5) is 0 Å². The van der Waals surface area contributed by atoms with Gasteiger partial charge in [-0.1, -0.05) is 5.16 Å². The van der Waals surface area contributed by atoms with E-state index in [4.69, 9.17) is 14.0 Å². The number of carbonyl (C=O) groups is 1. The van der Waals surface area contributed by atoms with Crippen LogP contribution in [0.25, 0.3) is 0 Å². The van der Waals surface area contributed by atoms with Crippen LogP contribution in [0.15, 0.2) is 21.3 Å². The Morgan fingerprint density at radius 1 is 1.26 bits per heavy atom. The fourth-order valence-electron chi connectivity index (χ4n) is 3.59. The molecule has 7 nitrogen and oxygen atoms in total. The molecular weight excluding hydrogens is 366 g/mol. The average Bonchev–Trinajstić information content (AvgIpc) is 3.41. The first-order valence-electron chi connectivity index (χ1n) is 9.63. The van der Waals surface area contributed by atoms with Crippen molar-refractivity contribution in [3.63, 3.8) is 0 Å². The van der Waals surface area contributed by atoms with Gasteiger partial charge in [0.2, 0.25) is 5.89 Å². The molecule has 4 rings (SSSR count). The van der Waals surface area contributed by atoms with E-state index in [0.29, 0.717) is 24.8 Å². The molecule has 0 aliphatic carbocycles. The number of nitrogens with zero attached hydrogens (tertiary/aromatic N) is 3. The molecule has 0 spiro atoms. The molecular formula is C19H25N3O4S. The molecule has 0 atom stereocenters. The quantitative estimate of drug-likeness (QED) is 0.753. The van der Waals surface area contributed by atoms with Crippen molar-refractivity contribution in [1.82, 2.24) is 15.0 Å². The Bertz CT molecular complexity index is 719. The summed E-state index contributed by atoms with van der Waals surface area (Å²) < 4.78 is 16.8. The average molecular weight is 391 g/mol. The van der Waals surface area contributed by atoms with Crippen molar-refractivity contribution in [3.8, 4) is 0 Å². The standard InChI is InChI=1S/C19H25N3O4S/c23-19(15-6-12-27-13-15)22-7-1-16(2-8-22)25-11-5-17-20-18(26-21-17)14-3-9-24-10-4-14/h6,12-14,16H,1-5,7-11H2.